The summed E-state index contributed by atoms with van der Waals surface area (Å²) in [6.07, 6.45) is 3.40. The Morgan fingerprint density at radius 1 is 0.806 bits per heavy atom. The molecule has 0 aliphatic carbocycles. The molecule has 0 aliphatic heterocycles. The van der Waals surface area contributed by atoms with Gasteiger partial charge in [0.25, 0.3) is 5.91 Å². The van der Waals surface area contributed by atoms with Crippen LogP contribution in [0.5, 0.6) is 28.7 Å². The molecule has 0 saturated heterocycles. The van der Waals surface area contributed by atoms with Crippen molar-refractivity contribution in [3.63, 3.8) is 0 Å². The van der Waals surface area contributed by atoms with Crippen molar-refractivity contribution in [2.24, 2.45) is 0 Å². The highest BCUT2D eigenvalue weighted by atomic mass is 16.5. The van der Waals surface area contributed by atoms with Crippen molar-refractivity contribution >= 4 is 11.6 Å². The molecule has 8 nitrogen and oxygen atoms in total. The molecule has 162 valence electrons. The molecular formula is C23H24N2O6. The molecule has 1 N–H and O–H groups in total. The molecule has 0 atom stereocenters. The van der Waals surface area contributed by atoms with Gasteiger partial charge in [0.2, 0.25) is 5.75 Å². The number of nitrogens with one attached hydrogen (secondary N) is 1. The summed E-state index contributed by atoms with van der Waals surface area (Å²) >= 11 is 0. The zero-order valence-electron chi connectivity index (χ0n) is 17.8. The molecule has 0 fully saturated rings. The minimum Gasteiger partial charge on any atom is -0.493 e. The predicted octanol–water partition coefficient (Wildman–Crippen LogP) is 3.95. The number of anilines is 1. The van der Waals surface area contributed by atoms with E-state index in [0.29, 0.717) is 46.6 Å². The van der Waals surface area contributed by atoms with Crippen LogP contribution in [0.3, 0.4) is 0 Å². The number of rotatable bonds is 9. The summed E-state index contributed by atoms with van der Waals surface area (Å²) in [5.74, 6) is 1.91. The number of aromatic nitrogens is 1. The largest absolute Gasteiger partial charge is 0.493 e. The van der Waals surface area contributed by atoms with Gasteiger partial charge in [-0.2, -0.15) is 0 Å². The number of benzene rings is 2. The lowest BCUT2D eigenvalue weighted by Crippen LogP contribution is -2.13. The maximum Gasteiger partial charge on any atom is 0.255 e. The Labute approximate surface area is 180 Å². The van der Waals surface area contributed by atoms with Gasteiger partial charge >= 0.3 is 0 Å². The van der Waals surface area contributed by atoms with E-state index in [1.54, 1.807) is 49.8 Å². The molecule has 2 aromatic carbocycles. The van der Waals surface area contributed by atoms with E-state index in [0.717, 1.165) is 5.56 Å². The molecule has 8 heteroatoms. The Hall–Kier alpha value is -3.94. The lowest BCUT2D eigenvalue weighted by Gasteiger charge is -2.15. The van der Waals surface area contributed by atoms with Crippen molar-refractivity contribution in [2.45, 2.75) is 6.61 Å². The topological polar surface area (TPSA) is 88.1 Å². The number of pyridine rings is 1. The van der Waals surface area contributed by atoms with Gasteiger partial charge < -0.3 is 29.0 Å². The Bertz CT molecular complexity index is 1010. The number of nitrogens with zero attached hydrogens (tertiary/aromatic N) is 1. The van der Waals surface area contributed by atoms with Gasteiger partial charge in [0.1, 0.15) is 6.61 Å². The highest BCUT2D eigenvalue weighted by molar-refractivity contribution is 6.05. The molecule has 1 aromatic heterocycles. The lowest BCUT2D eigenvalue weighted by atomic mass is 10.1. The third kappa shape index (κ3) is 5.16. The molecule has 31 heavy (non-hydrogen) atoms. The van der Waals surface area contributed by atoms with Gasteiger partial charge in [0.05, 0.1) is 28.4 Å². The standard InChI is InChI=1S/C23H24N2O6/c1-27-18-6-5-17(13-19(18)31-14-15-7-9-24-10-8-15)25-23(26)16-11-20(28-2)22(30-4)21(12-16)29-3/h5-13H,14H2,1-4H3,(H,25,26). The fraction of sp³-hybridized carbons (Fsp3) is 0.217. The van der Waals surface area contributed by atoms with Crippen molar-refractivity contribution in [2.75, 3.05) is 33.8 Å². The summed E-state index contributed by atoms with van der Waals surface area (Å²) in [7, 11) is 6.05. The van der Waals surface area contributed by atoms with Crippen LogP contribution in [0.4, 0.5) is 5.69 Å². The third-order valence-electron chi connectivity index (χ3n) is 4.49. The molecule has 1 heterocycles. The molecule has 0 aliphatic rings. The molecule has 0 spiro atoms. The normalized spacial score (nSPS) is 10.2. The third-order valence-corrected chi connectivity index (χ3v) is 4.49. The first-order valence-corrected chi connectivity index (χ1v) is 9.40. The summed E-state index contributed by atoms with van der Waals surface area (Å²) in [5, 5.41) is 2.85. The van der Waals surface area contributed by atoms with E-state index in [4.69, 9.17) is 23.7 Å². The van der Waals surface area contributed by atoms with Gasteiger partial charge in [-0.3, -0.25) is 9.78 Å². The first-order chi connectivity index (χ1) is 15.1. The van der Waals surface area contributed by atoms with E-state index < -0.39 is 0 Å². The van der Waals surface area contributed by atoms with Crippen LogP contribution in [0.15, 0.2) is 54.9 Å². The van der Waals surface area contributed by atoms with E-state index in [1.165, 1.54) is 21.3 Å². The second-order valence-corrected chi connectivity index (χ2v) is 6.38. The summed E-state index contributed by atoms with van der Waals surface area (Å²) < 4.78 is 27.2. The van der Waals surface area contributed by atoms with E-state index in [-0.39, 0.29) is 5.91 Å². The van der Waals surface area contributed by atoms with Gasteiger partial charge in [-0.15, -0.1) is 0 Å². The van der Waals surface area contributed by atoms with Crippen LogP contribution < -0.4 is 29.0 Å². The maximum atomic E-state index is 12.9. The summed E-state index contributed by atoms with van der Waals surface area (Å²) in [6, 6.07) is 12.1. The average Bonchev–Trinajstić information content (AvgIpc) is 2.82. The number of amides is 1. The zero-order valence-corrected chi connectivity index (χ0v) is 17.8. The highest BCUT2D eigenvalue weighted by Crippen LogP contribution is 2.38. The SMILES string of the molecule is COc1ccc(NC(=O)c2cc(OC)c(OC)c(OC)c2)cc1OCc1ccncc1. The second-order valence-electron chi connectivity index (χ2n) is 6.38. The molecule has 0 unspecified atom stereocenters. The van der Waals surface area contributed by atoms with Crippen LogP contribution in [-0.2, 0) is 6.61 Å². The molecular weight excluding hydrogens is 400 g/mol. The lowest BCUT2D eigenvalue weighted by molar-refractivity contribution is 0.102. The van der Waals surface area contributed by atoms with Gasteiger partial charge in [-0.25, -0.2) is 0 Å². The molecule has 0 bridgehead atoms. The monoisotopic (exact) mass is 424 g/mol. The fourth-order valence-electron chi connectivity index (χ4n) is 2.92. The highest BCUT2D eigenvalue weighted by Gasteiger charge is 2.17. The van der Waals surface area contributed by atoms with Gasteiger partial charge in [0, 0.05) is 29.7 Å². The van der Waals surface area contributed by atoms with Crippen LogP contribution in [0, 0.1) is 0 Å². The van der Waals surface area contributed by atoms with Crippen molar-refractivity contribution < 1.29 is 28.5 Å². The van der Waals surface area contributed by atoms with Crippen LogP contribution >= 0.6 is 0 Å². The summed E-state index contributed by atoms with van der Waals surface area (Å²) in [6.45, 7) is 0.336. The molecule has 0 radical (unpaired) electrons. The smallest absolute Gasteiger partial charge is 0.255 e. The van der Waals surface area contributed by atoms with E-state index in [9.17, 15) is 4.79 Å². The Kier molecular flexibility index (Phi) is 7.16. The van der Waals surface area contributed by atoms with E-state index in [2.05, 4.69) is 10.3 Å². The number of carbonyl (C=O) groups is 1. The van der Waals surface area contributed by atoms with E-state index in [1.807, 2.05) is 12.1 Å². The number of ether oxygens (including phenoxy) is 5. The average molecular weight is 424 g/mol. The Morgan fingerprint density at radius 2 is 1.45 bits per heavy atom. The van der Waals surface area contributed by atoms with Crippen LogP contribution in [0.2, 0.25) is 0 Å². The Morgan fingerprint density at radius 3 is 2.03 bits per heavy atom. The number of carbonyl (C=O) groups excluding carboxylic acids is 1. The summed E-state index contributed by atoms with van der Waals surface area (Å²) in [4.78, 5) is 16.8. The van der Waals surface area contributed by atoms with Crippen LogP contribution in [0.25, 0.3) is 0 Å². The van der Waals surface area contributed by atoms with Gasteiger partial charge in [-0.05, 0) is 42.0 Å². The minimum atomic E-state index is -0.343. The summed E-state index contributed by atoms with van der Waals surface area (Å²) in [5.41, 5.74) is 1.86. The maximum absolute atomic E-state index is 12.9. The fourth-order valence-corrected chi connectivity index (χ4v) is 2.92. The second kappa shape index (κ2) is 10.2. The number of hydrogen-bond acceptors (Lipinski definition) is 7. The van der Waals surface area contributed by atoms with Crippen molar-refractivity contribution in [1.29, 1.82) is 0 Å². The minimum absolute atomic E-state index is 0.336. The quantitative estimate of drug-likeness (QED) is 0.556. The Balaban J connectivity index is 1.81. The van der Waals surface area contributed by atoms with Crippen molar-refractivity contribution in [1.82, 2.24) is 4.98 Å². The van der Waals surface area contributed by atoms with Crippen LogP contribution in [0.1, 0.15) is 15.9 Å². The molecule has 3 aromatic rings. The van der Waals surface area contributed by atoms with Gasteiger partial charge in [-0.1, -0.05) is 0 Å². The predicted molar refractivity (Wildman–Crippen MR) is 116 cm³/mol. The zero-order chi connectivity index (χ0) is 22.2. The first-order valence-electron chi connectivity index (χ1n) is 9.40. The van der Waals surface area contributed by atoms with Gasteiger partial charge in [0.15, 0.2) is 23.0 Å². The molecule has 1 amide bonds. The number of methoxy groups -OCH3 is 4. The van der Waals surface area contributed by atoms with Crippen LogP contribution in [-0.4, -0.2) is 39.3 Å². The molecule has 0 saturated carbocycles. The number of hydrogen-bond donors (Lipinski definition) is 1. The van der Waals surface area contributed by atoms with E-state index >= 15 is 0 Å². The van der Waals surface area contributed by atoms with Crippen molar-refractivity contribution in [3.05, 3.63) is 66.0 Å². The first kappa shape index (κ1) is 21.8. The molecule has 3 rings (SSSR count). The van der Waals surface area contributed by atoms with Crippen molar-refractivity contribution in [3.8, 4) is 28.7 Å².